The van der Waals surface area contributed by atoms with Crippen molar-refractivity contribution in [1.29, 1.82) is 5.26 Å². The number of hydrogen-bond donors (Lipinski definition) is 1. The lowest BCUT2D eigenvalue weighted by molar-refractivity contribution is -0.0705. The van der Waals surface area contributed by atoms with Crippen LogP contribution in [0.3, 0.4) is 0 Å². The van der Waals surface area contributed by atoms with Crippen LogP contribution >= 0.6 is 0 Å². The van der Waals surface area contributed by atoms with Gasteiger partial charge >= 0.3 is 0 Å². The molecule has 3 rings (SSSR count). The van der Waals surface area contributed by atoms with Crippen LogP contribution in [0.1, 0.15) is 30.7 Å². The molecule has 0 saturated carbocycles. The molecule has 0 aliphatic carbocycles. The summed E-state index contributed by atoms with van der Waals surface area (Å²) in [7, 11) is 0. The molecule has 0 radical (unpaired) electrons. The standard InChI is InChI=1S/C20H24N4O/c1-15-12-24(13-16(2)25-15)14-18-7-4-3-6-17(18)11-22-20-9-5-8-19(10-21)23-20/h3-9,15-16H,11-14H2,1-2H3,(H,22,23). The van der Waals surface area contributed by atoms with Crippen LogP contribution in [-0.2, 0) is 17.8 Å². The van der Waals surface area contributed by atoms with Crippen LogP contribution in [0.25, 0.3) is 0 Å². The van der Waals surface area contributed by atoms with Crippen LogP contribution in [0.4, 0.5) is 5.82 Å². The fourth-order valence-electron chi connectivity index (χ4n) is 3.32. The maximum absolute atomic E-state index is 8.96. The van der Waals surface area contributed by atoms with E-state index in [2.05, 4.69) is 59.4 Å². The minimum absolute atomic E-state index is 0.270. The summed E-state index contributed by atoms with van der Waals surface area (Å²) in [6.07, 6.45) is 0.541. The van der Waals surface area contributed by atoms with Gasteiger partial charge < -0.3 is 10.1 Å². The molecule has 1 saturated heterocycles. The van der Waals surface area contributed by atoms with Gasteiger partial charge in [-0.25, -0.2) is 4.98 Å². The van der Waals surface area contributed by atoms with Crippen LogP contribution in [0.2, 0.25) is 0 Å². The summed E-state index contributed by atoms with van der Waals surface area (Å²) < 4.78 is 5.82. The van der Waals surface area contributed by atoms with Crippen molar-refractivity contribution in [3.63, 3.8) is 0 Å². The lowest BCUT2D eigenvalue weighted by atomic mass is 10.1. The zero-order chi connectivity index (χ0) is 17.6. The SMILES string of the molecule is CC1CN(Cc2ccccc2CNc2cccc(C#N)n2)CC(C)O1. The van der Waals surface area contributed by atoms with Crippen molar-refractivity contribution >= 4 is 5.82 Å². The maximum atomic E-state index is 8.96. The highest BCUT2D eigenvalue weighted by Crippen LogP contribution is 2.18. The topological polar surface area (TPSA) is 61.2 Å². The van der Waals surface area contributed by atoms with Crippen molar-refractivity contribution in [2.45, 2.75) is 39.1 Å². The summed E-state index contributed by atoms with van der Waals surface area (Å²) in [6.45, 7) is 7.78. The van der Waals surface area contributed by atoms with Gasteiger partial charge in [-0.3, -0.25) is 4.90 Å². The van der Waals surface area contributed by atoms with Gasteiger partial charge in [0.15, 0.2) is 0 Å². The fourth-order valence-corrected chi connectivity index (χ4v) is 3.32. The van der Waals surface area contributed by atoms with Gasteiger partial charge in [-0.2, -0.15) is 5.26 Å². The Morgan fingerprint density at radius 2 is 1.84 bits per heavy atom. The number of morpholine rings is 1. The van der Waals surface area contributed by atoms with E-state index in [4.69, 9.17) is 10.00 Å². The van der Waals surface area contributed by atoms with E-state index < -0.39 is 0 Å². The molecule has 2 unspecified atom stereocenters. The summed E-state index contributed by atoms with van der Waals surface area (Å²) >= 11 is 0. The summed E-state index contributed by atoms with van der Waals surface area (Å²) in [5.74, 6) is 0.725. The van der Waals surface area contributed by atoms with Crippen LogP contribution in [0.5, 0.6) is 0 Å². The van der Waals surface area contributed by atoms with Gasteiger partial charge in [-0.15, -0.1) is 0 Å². The van der Waals surface area contributed by atoms with Crippen molar-refractivity contribution in [1.82, 2.24) is 9.88 Å². The second-order valence-corrected chi connectivity index (χ2v) is 6.59. The zero-order valence-corrected chi connectivity index (χ0v) is 14.8. The quantitative estimate of drug-likeness (QED) is 0.909. The smallest absolute Gasteiger partial charge is 0.142 e. The molecule has 2 aromatic rings. The average Bonchev–Trinajstić information content (AvgIpc) is 2.60. The molecule has 1 aliphatic rings. The Labute approximate surface area is 149 Å². The Morgan fingerprint density at radius 1 is 1.12 bits per heavy atom. The van der Waals surface area contributed by atoms with Crippen molar-refractivity contribution in [3.05, 3.63) is 59.3 Å². The third kappa shape index (κ3) is 4.79. The van der Waals surface area contributed by atoms with E-state index in [1.54, 1.807) is 6.07 Å². The first kappa shape index (κ1) is 17.4. The van der Waals surface area contributed by atoms with Gasteiger partial charge in [0.1, 0.15) is 17.6 Å². The van der Waals surface area contributed by atoms with Gasteiger partial charge in [-0.05, 0) is 37.1 Å². The summed E-state index contributed by atoms with van der Waals surface area (Å²) in [4.78, 5) is 6.72. The molecule has 130 valence electrons. The third-order valence-corrected chi connectivity index (χ3v) is 4.33. The largest absolute Gasteiger partial charge is 0.373 e. The van der Waals surface area contributed by atoms with E-state index in [1.807, 2.05) is 12.1 Å². The van der Waals surface area contributed by atoms with Crippen molar-refractivity contribution in [2.75, 3.05) is 18.4 Å². The highest BCUT2D eigenvalue weighted by atomic mass is 16.5. The monoisotopic (exact) mass is 336 g/mol. The Balaban J connectivity index is 1.67. The van der Waals surface area contributed by atoms with Crippen molar-refractivity contribution < 1.29 is 4.74 Å². The molecule has 2 heterocycles. The number of nitriles is 1. The molecule has 1 fully saturated rings. The number of pyridine rings is 1. The molecule has 1 aliphatic heterocycles. The summed E-state index contributed by atoms with van der Waals surface area (Å²) in [5, 5.41) is 12.3. The minimum atomic E-state index is 0.270. The Kier molecular flexibility index (Phi) is 5.64. The van der Waals surface area contributed by atoms with E-state index in [9.17, 15) is 0 Å². The predicted octanol–water partition coefficient (Wildman–Crippen LogP) is 3.17. The highest BCUT2D eigenvalue weighted by Gasteiger charge is 2.22. The van der Waals surface area contributed by atoms with Crippen LogP contribution in [0, 0.1) is 11.3 Å². The first-order chi connectivity index (χ1) is 12.1. The molecule has 5 heteroatoms. The minimum Gasteiger partial charge on any atom is -0.373 e. The van der Waals surface area contributed by atoms with E-state index in [1.165, 1.54) is 11.1 Å². The number of nitrogens with zero attached hydrogens (tertiary/aromatic N) is 3. The van der Waals surface area contributed by atoms with E-state index in [-0.39, 0.29) is 12.2 Å². The number of benzene rings is 1. The normalized spacial score (nSPS) is 20.8. The number of rotatable bonds is 5. The van der Waals surface area contributed by atoms with E-state index in [0.717, 1.165) is 25.5 Å². The molecular formula is C20H24N4O. The molecular weight excluding hydrogens is 312 g/mol. The molecule has 2 atom stereocenters. The van der Waals surface area contributed by atoms with Gasteiger partial charge in [0.25, 0.3) is 0 Å². The Bertz CT molecular complexity index is 745. The van der Waals surface area contributed by atoms with Gasteiger partial charge in [0.2, 0.25) is 0 Å². The molecule has 1 aromatic heterocycles. The number of nitrogens with one attached hydrogen (secondary N) is 1. The molecule has 25 heavy (non-hydrogen) atoms. The number of hydrogen-bond acceptors (Lipinski definition) is 5. The Morgan fingerprint density at radius 3 is 2.56 bits per heavy atom. The van der Waals surface area contributed by atoms with Crippen LogP contribution in [-0.4, -0.2) is 35.2 Å². The van der Waals surface area contributed by atoms with Gasteiger partial charge in [0.05, 0.1) is 12.2 Å². The Hall–Kier alpha value is -2.42. The second kappa shape index (κ2) is 8.11. The molecule has 0 bridgehead atoms. The molecule has 1 N–H and O–H groups in total. The summed E-state index contributed by atoms with van der Waals surface area (Å²) in [6, 6.07) is 16.0. The first-order valence-electron chi connectivity index (χ1n) is 8.69. The van der Waals surface area contributed by atoms with Crippen LogP contribution < -0.4 is 5.32 Å². The number of anilines is 1. The number of aromatic nitrogens is 1. The van der Waals surface area contributed by atoms with E-state index in [0.29, 0.717) is 12.2 Å². The average molecular weight is 336 g/mol. The predicted molar refractivity (Wildman–Crippen MR) is 98.0 cm³/mol. The van der Waals surface area contributed by atoms with Gasteiger partial charge in [0, 0.05) is 26.2 Å². The lowest BCUT2D eigenvalue weighted by Crippen LogP contribution is -2.44. The molecule has 1 aromatic carbocycles. The fraction of sp³-hybridized carbons (Fsp3) is 0.400. The summed E-state index contributed by atoms with van der Waals surface area (Å²) in [5.41, 5.74) is 2.99. The van der Waals surface area contributed by atoms with Gasteiger partial charge in [-0.1, -0.05) is 30.3 Å². The molecule has 0 amide bonds. The third-order valence-electron chi connectivity index (χ3n) is 4.33. The van der Waals surface area contributed by atoms with Crippen molar-refractivity contribution in [3.8, 4) is 6.07 Å². The maximum Gasteiger partial charge on any atom is 0.142 e. The number of ether oxygens (including phenoxy) is 1. The molecule has 5 nitrogen and oxygen atoms in total. The highest BCUT2D eigenvalue weighted by molar-refractivity contribution is 5.40. The van der Waals surface area contributed by atoms with Crippen LogP contribution in [0.15, 0.2) is 42.5 Å². The lowest BCUT2D eigenvalue weighted by Gasteiger charge is -2.35. The van der Waals surface area contributed by atoms with E-state index >= 15 is 0 Å². The first-order valence-corrected chi connectivity index (χ1v) is 8.69. The van der Waals surface area contributed by atoms with Crippen molar-refractivity contribution in [2.24, 2.45) is 0 Å². The zero-order valence-electron chi connectivity index (χ0n) is 14.8. The second-order valence-electron chi connectivity index (χ2n) is 6.59. The molecule has 0 spiro atoms.